The fourth-order valence-electron chi connectivity index (χ4n) is 2.69. The Morgan fingerprint density at radius 1 is 1.11 bits per heavy atom. The Balaban J connectivity index is 1.69. The molecule has 0 saturated heterocycles. The maximum absolute atomic E-state index is 12.2. The second-order valence-corrected chi connectivity index (χ2v) is 5.87. The molecule has 0 unspecified atom stereocenters. The van der Waals surface area contributed by atoms with Crippen molar-refractivity contribution in [2.75, 3.05) is 18.5 Å². The summed E-state index contributed by atoms with van der Waals surface area (Å²) in [5.41, 5.74) is 2.13. The molecule has 0 spiro atoms. The Morgan fingerprint density at radius 2 is 1.89 bits per heavy atom. The zero-order valence-corrected chi connectivity index (χ0v) is 15.7. The van der Waals surface area contributed by atoms with Gasteiger partial charge in [0, 0.05) is 19.4 Å². The third-order valence-electron chi connectivity index (χ3n) is 3.90. The first-order valence-corrected chi connectivity index (χ1v) is 8.81. The first-order chi connectivity index (χ1) is 13.1. The fraction of sp³-hybridized carbons (Fsp3) is 0.316. The topological polar surface area (TPSA) is 83.2 Å². The second-order valence-electron chi connectivity index (χ2n) is 5.87. The van der Waals surface area contributed by atoms with E-state index in [4.69, 9.17) is 9.47 Å². The first-order valence-electron chi connectivity index (χ1n) is 8.81. The normalized spacial score (nSPS) is 10.6. The van der Waals surface area contributed by atoms with Crippen molar-refractivity contribution >= 4 is 11.6 Å². The van der Waals surface area contributed by atoms with E-state index in [2.05, 4.69) is 15.5 Å². The highest BCUT2D eigenvalue weighted by Gasteiger charge is 2.12. The predicted molar refractivity (Wildman–Crippen MR) is 101 cm³/mol. The molecule has 0 atom stereocenters. The third kappa shape index (κ3) is 4.46. The van der Waals surface area contributed by atoms with E-state index in [0.29, 0.717) is 36.9 Å². The summed E-state index contributed by atoms with van der Waals surface area (Å²) in [7, 11) is 1.72. The average Bonchev–Trinajstić information content (AvgIpc) is 3.26. The van der Waals surface area contributed by atoms with Gasteiger partial charge in [-0.15, -0.1) is 0 Å². The van der Waals surface area contributed by atoms with Gasteiger partial charge >= 0.3 is 0 Å². The first kappa shape index (κ1) is 18.5. The smallest absolute Gasteiger partial charge is 0.274 e. The number of carbonyl (C=O) groups excluding carboxylic acids is 1. The molecule has 8 nitrogen and oxygen atoms in total. The number of amides is 1. The van der Waals surface area contributed by atoms with Crippen molar-refractivity contribution < 1.29 is 14.3 Å². The highest BCUT2D eigenvalue weighted by molar-refractivity contribution is 6.02. The highest BCUT2D eigenvalue weighted by Crippen LogP contribution is 2.28. The van der Waals surface area contributed by atoms with Crippen molar-refractivity contribution in [3.63, 3.8) is 0 Å². The van der Waals surface area contributed by atoms with Crippen molar-refractivity contribution in [3.8, 4) is 11.5 Å². The van der Waals surface area contributed by atoms with Crippen LogP contribution in [-0.4, -0.2) is 38.7 Å². The van der Waals surface area contributed by atoms with E-state index in [1.807, 2.05) is 32.0 Å². The molecule has 0 bridgehead atoms. The van der Waals surface area contributed by atoms with Crippen molar-refractivity contribution in [2.45, 2.75) is 20.4 Å². The maximum Gasteiger partial charge on any atom is 0.274 e. The van der Waals surface area contributed by atoms with Gasteiger partial charge < -0.3 is 14.8 Å². The van der Waals surface area contributed by atoms with E-state index >= 15 is 0 Å². The molecule has 0 saturated carbocycles. The summed E-state index contributed by atoms with van der Waals surface area (Å²) in [6.07, 6.45) is 4.98. The summed E-state index contributed by atoms with van der Waals surface area (Å²) < 4.78 is 14.5. The van der Waals surface area contributed by atoms with Crippen LogP contribution in [0.5, 0.6) is 11.5 Å². The second kappa shape index (κ2) is 8.39. The van der Waals surface area contributed by atoms with Crippen molar-refractivity contribution in [3.05, 3.63) is 54.1 Å². The summed E-state index contributed by atoms with van der Waals surface area (Å²) in [6.45, 7) is 5.57. The van der Waals surface area contributed by atoms with Gasteiger partial charge in [0.1, 0.15) is 5.69 Å². The Hall–Kier alpha value is -3.29. The van der Waals surface area contributed by atoms with E-state index < -0.39 is 0 Å². The lowest BCUT2D eigenvalue weighted by Gasteiger charge is -2.12. The van der Waals surface area contributed by atoms with E-state index in [0.717, 1.165) is 11.3 Å². The van der Waals surface area contributed by atoms with Crippen LogP contribution in [0.1, 0.15) is 29.9 Å². The maximum atomic E-state index is 12.2. The number of nitrogens with one attached hydrogen (secondary N) is 1. The SMILES string of the molecule is CCOc1ccc(Cn2cc(NC(=O)c3ccnn3C)cn2)cc1OCC. The fourth-order valence-corrected chi connectivity index (χ4v) is 2.69. The molecule has 1 N–H and O–H groups in total. The highest BCUT2D eigenvalue weighted by atomic mass is 16.5. The summed E-state index contributed by atoms with van der Waals surface area (Å²) in [5.74, 6) is 1.22. The van der Waals surface area contributed by atoms with E-state index in [1.54, 1.807) is 36.4 Å². The largest absolute Gasteiger partial charge is 0.490 e. The molecule has 0 aliphatic rings. The molecule has 3 aromatic rings. The van der Waals surface area contributed by atoms with Gasteiger partial charge in [-0.25, -0.2) is 0 Å². The summed E-state index contributed by atoms with van der Waals surface area (Å²) >= 11 is 0. The quantitative estimate of drug-likeness (QED) is 0.660. The molecular weight excluding hydrogens is 346 g/mol. The van der Waals surface area contributed by atoms with Gasteiger partial charge in [0.25, 0.3) is 5.91 Å². The molecule has 2 heterocycles. The molecule has 142 valence electrons. The number of rotatable bonds is 8. The number of anilines is 1. The summed E-state index contributed by atoms with van der Waals surface area (Å²) in [5, 5.41) is 11.1. The standard InChI is InChI=1S/C19H23N5O3/c1-4-26-17-7-6-14(10-18(17)27-5-2)12-24-13-15(11-21-24)22-19(25)16-8-9-20-23(16)3/h6-11,13H,4-5,12H2,1-3H3,(H,22,25). The van der Waals surface area contributed by atoms with Crippen LogP contribution in [0.25, 0.3) is 0 Å². The number of nitrogens with zero attached hydrogens (tertiary/aromatic N) is 4. The number of ether oxygens (including phenoxy) is 2. The predicted octanol–water partition coefficient (Wildman–Crippen LogP) is 2.71. The van der Waals surface area contributed by atoms with Gasteiger partial charge in [0.2, 0.25) is 0 Å². The molecule has 0 aliphatic carbocycles. The van der Waals surface area contributed by atoms with Gasteiger partial charge in [-0.1, -0.05) is 6.07 Å². The van der Waals surface area contributed by atoms with Gasteiger partial charge in [-0.3, -0.25) is 14.2 Å². The molecular formula is C19H23N5O3. The lowest BCUT2D eigenvalue weighted by Crippen LogP contribution is -2.15. The lowest BCUT2D eigenvalue weighted by atomic mass is 10.2. The Kier molecular flexibility index (Phi) is 5.75. The number of benzene rings is 1. The van der Waals surface area contributed by atoms with Gasteiger partial charge in [-0.05, 0) is 37.6 Å². The van der Waals surface area contributed by atoms with Crippen LogP contribution < -0.4 is 14.8 Å². The van der Waals surface area contributed by atoms with Crippen molar-refractivity contribution in [2.24, 2.45) is 7.05 Å². The van der Waals surface area contributed by atoms with E-state index in [-0.39, 0.29) is 5.91 Å². The summed E-state index contributed by atoms with van der Waals surface area (Å²) in [6, 6.07) is 7.49. The average molecular weight is 369 g/mol. The number of carbonyl (C=O) groups is 1. The zero-order valence-electron chi connectivity index (χ0n) is 15.7. The third-order valence-corrected chi connectivity index (χ3v) is 3.90. The lowest BCUT2D eigenvalue weighted by molar-refractivity contribution is 0.101. The molecule has 0 radical (unpaired) electrons. The molecule has 0 aliphatic heterocycles. The van der Waals surface area contributed by atoms with Crippen LogP contribution in [0, 0.1) is 0 Å². The summed E-state index contributed by atoms with van der Waals surface area (Å²) in [4.78, 5) is 12.2. The Labute approximate surface area is 157 Å². The number of hydrogen-bond acceptors (Lipinski definition) is 5. The molecule has 1 amide bonds. The van der Waals surface area contributed by atoms with Crippen LogP contribution in [0.2, 0.25) is 0 Å². The molecule has 1 aromatic carbocycles. The monoisotopic (exact) mass is 369 g/mol. The van der Waals surface area contributed by atoms with Gasteiger partial charge in [0.15, 0.2) is 11.5 Å². The van der Waals surface area contributed by atoms with Gasteiger partial charge in [0.05, 0.1) is 31.6 Å². The van der Waals surface area contributed by atoms with Crippen LogP contribution in [-0.2, 0) is 13.6 Å². The zero-order chi connectivity index (χ0) is 19.2. The minimum absolute atomic E-state index is 0.228. The van der Waals surface area contributed by atoms with Crippen LogP contribution >= 0.6 is 0 Å². The Morgan fingerprint density at radius 3 is 2.59 bits per heavy atom. The van der Waals surface area contributed by atoms with E-state index in [1.165, 1.54) is 4.68 Å². The minimum Gasteiger partial charge on any atom is -0.490 e. The molecule has 27 heavy (non-hydrogen) atoms. The number of aromatic nitrogens is 4. The molecule has 3 rings (SSSR count). The van der Waals surface area contributed by atoms with E-state index in [9.17, 15) is 4.79 Å². The van der Waals surface area contributed by atoms with Crippen LogP contribution in [0.3, 0.4) is 0 Å². The molecule has 2 aromatic heterocycles. The number of hydrogen-bond donors (Lipinski definition) is 1. The van der Waals surface area contributed by atoms with Crippen molar-refractivity contribution in [1.29, 1.82) is 0 Å². The van der Waals surface area contributed by atoms with Crippen LogP contribution in [0.4, 0.5) is 5.69 Å². The van der Waals surface area contributed by atoms with Crippen LogP contribution in [0.15, 0.2) is 42.9 Å². The minimum atomic E-state index is -0.228. The molecule has 8 heteroatoms. The molecule has 0 fully saturated rings. The Bertz CT molecular complexity index is 916. The van der Waals surface area contributed by atoms with Crippen molar-refractivity contribution in [1.82, 2.24) is 19.6 Å². The number of aryl methyl sites for hydroxylation is 1. The van der Waals surface area contributed by atoms with Gasteiger partial charge in [-0.2, -0.15) is 10.2 Å².